The van der Waals surface area contributed by atoms with Gasteiger partial charge in [-0.05, 0) is 62.1 Å². The number of nitrogens with zero attached hydrogens (tertiary/aromatic N) is 4. The van der Waals surface area contributed by atoms with Gasteiger partial charge in [-0.15, -0.1) is 11.3 Å². The summed E-state index contributed by atoms with van der Waals surface area (Å²) < 4.78 is 14.6. The zero-order chi connectivity index (χ0) is 24.5. The van der Waals surface area contributed by atoms with Gasteiger partial charge in [0.2, 0.25) is 0 Å². The highest BCUT2D eigenvalue weighted by Crippen LogP contribution is 2.40. The van der Waals surface area contributed by atoms with Crippen LogP contribution in [0.2, 0.25) is 0 Å². The second kappa shape index (κ2) is 9.69. The summed E-state index contributed by atoms with van der Waals surface area (Å²) in [5, 5.41) is 4.71. The smallest absolute Gasteiger partial charge is 0.271 e. The molecule has 182 valence electrons. The average Bonchev–Trinajstić information content (AvgIpc) is 3.61. The Hall–Kier alpha value is -3.40. The first kappa shape index (κ1) is 23.3. The third-order valence-electron chi connectivity index (χ3n) is 6.52. The summed E-state index contributed by atoms with van der Waals surface area (Å²) in [6.07, 6.45) is 7.40. The van der Waals surface area contributed by atoms with E-state index in [1.807, 2.05) is 13.0 Å². The van der Waals surface area contributed by atoms with Gasteiger partial charge in [0.1, 0.15) is 16.6 Å². The molecule has 1 aliphatic carbocycles. The van der Waals surface area contributed by atoms with Gasteiger partial charge < -0.3 is 16.0 Å². The number of nitrogens with two attached hydrogens (primary N) is 1. The molecular formula is C25H27FN6O2S. The van der Waals surface area contributed by atoms with Crippen LogP contribution >= 0.6 is 11.3 Å². The summed E-state index contributed by atoms with van der Waals surface area (Å²) >= 11 is 1.43. The van der Waals surface area contributed by atoms with Crippen LogP contribution in [-0.4, -0.2) is 39.7 Å². The minimum Gasteiger partial charge on any atom is -0.364 e. The molecule has 1 aromatic carbocycles. The zero-order valence-corrected chi connectivity index (χ0v) is 20.3. The maximum Gasteiger partial charge on any atom is 0.271 e. The number of amides is 1. The van der Waals surface area contributed by atoms with Gasteiger partial charge in [0.05, 0.1) is 23.0 Å². The number of anilines is 3. The van der Waals surface area contributed by atoms with Crippen molar-refractivity contribution >= 4 is 39.7 Å². The first-order valence-corrected chi connectivity index (χ1v) is 12.6. The molecule has 1 amide bonds. The van der Waals surface area contributed by atoms with E-state index in [-0.39, 0.29) is 35.2 Å². The van der Waals surface area contributed by atoms with Crippen LogP contribution in [0.1, 0.15) is 69.4 Å². The highest BCUT2D eigenvalue weighted by Gasteiger charge is 2.28. The second-order valence-electron chi connectivity index (χ2n) is 9.25. The Morgan fingerprint density at radius 2 is 2.06 bits per heavy atom. The van der Waals surface area contributed by atoms with Crippen molar-refractivity contribution in [2.24, 2.45) is 11.7 Å². The van der Waals surface area contributed by atoms with Crippen molar-refractivity contribution in [3.05, 3.63) is 58.2 Å². The van der Waals surface area contributed by atoms with Crippen LogP contribution in [0.25, 0.3) is 0 Å². The SMILES string of the molecule is Cc1ncc(Nc2nc(N3CCC[C@@H](CC(=O)c4ccc(C5CC5)cc4F)C3)cnc2C(N)=O)s1. The molecular weight excluding hydrogens is 467 g/mol. The number of aryl methyl sites for hydroxylation is 1. The van der Waals surface area contributed by atoms with Gasteiger partial charge in [-0.3, -0.25) is 9.59 Å². The summed E-state index contributed by atoms with van der Waals surface area (Å²) in [5.74, 6) is 0.109. The zero-order valence-electron chi connectivity index (χ0n) is 19.5. The molecule has 1 saturated heterocycles. The number of aromatic nitrogens is 3. The largest absolute Gasteiger partial charge is 0.364 e. The van der Waals surface area contributed by atoms with E-state index in [0.29, 0.717) is 18.3 Å². The molecule has 3 N–H and O–H groups in total. The van der Waals surface area contributed by atoms with Crippen molar-refractivity contribution in [1.29, 1.82) is 0 Å². The lowest BCUT2D eigenvalue weighted by Crippen LogP contribution is -2.37. The number of Topliss-reactive ketones (excluding diaryl/α,β-unsaturated/α-hetero) is 1. The fourth-order valence-electron chi connectivity index (χ4n) is 4.58. The maximum absolute atomic E-state index is 14.6. The molecule has 3 aromatic rings. The highest BCUT2D eigenvalue weighted by molar-refractivity contribution is 7.15. The quantitative estimate of drug-likeness (QED) is 0.440. The van der Waals surface area contributed by atoms with Crippen LogP contribution in [0.5, 0.6) is 0 Å². The van der Waals surface area contributed by atoms with Crippen molar-refractivity contribution in [3.63, 3.8) is 0 Å². The van der Waals surface area contributed by atoms with Crippen molar-refractivity contribution < 1.29 is 14.0 Å². The summed E-state index contributed by atoms with van der Waals surface area (Å²) in [6, 6.07) is 5.04. The Morgan fingerprint density at radius 1 is 1.23 bits per heavy atom. The number of carbonyl (C=O) groups excluding carboxylic acids is 2. The third-order valence-corrected chi connectivity index (χ3v) is 7.34. The Kier molecular flexibility index (Phi) is 6.46. The Labute approximate surface area is 206 Å². The molecule has 2 fully saturated rings. The predicted molar refractivity (Wildman–Crippen MR) is 133 cm³/mol. The molecule has 0 spiro atoms. The molecule has 1 saturated carbocycles. The van der Waals surface area contributed by atoms with E-state index >= 15 is 0 Å². The van der Waals surface area contributed by atoms with E-state index in [9.17, 15) is 14.0 Å². The summed E-state index contributed by atoms with van der Waals surface area (Å²) in [6.45, 7) is 3.23. The molecule has 10 heteroatoms. The van der Waals surface area contributed by atoms with Gasteiger partial charge >= 0.3 is 0 Å². The first-order chi connectivity index (χ1) is 16.9. The number of piperidine rings is 1. The number of carbonyl (C=O) groups is 2. The minimum atomic E-state index is -0.676. The number of primary amides is 1. The fourth-order valence-corrected chi connectivity index (χ4v) is 5.25. The standard InChI is InChI=1S/C25H27FN6O2S/c1-14-28-12-22(35-14)31-25-23(24(27)34)29-11-21(30-25)32-8-2-3-15(13-32)9-20(33)18-7-6-17(10-19(18)26)16-4-5-16/h6-7,10-12,15-16H,2-5,8-9,13H2,1H3,(H2,27,34)(H,30,31)/t15-/m0/s1. The van der Waals surface area contributed by atoms with Crippen LogP contribution in [-0.2, 0) is 0 Å². The van der Waals surface area contributed by atoms with Crippen molar-refractivity contribution in [1.82, 2.24) is 15.0 Å². The molecule has 8 nitrogen and oxygen atoms in total. The van der Waals surface area contributed by atoms with Crippen molar-refractivity contribution in [2.45, 2.75) is 44.9 Å². The van der Waals surface area contributed by atoms with Crippen LogP contribution < -0.4 is 16.0 Å². The van der Waals surface area contributed by atoms with Gasteiger partial charge in [-0.25, -0.2) is 19.3 Å². The minimum absolute atomic E-state index is 0.0497. The molecule has 2 aliphatic rings. The van der Waals surface area contributed by atoms with Gasteiger partial charge in [0.25, 0.3) is 5.91 Å². The molecule has 35 heavy (non-hydrogen) atoms. The fraction of sp³-hybridized carbons (Fsp3) is 0.400. The molecule has 0 radical (unpaired) electrons. The van der Waals surface area contributed by atoms with E-state index in [0.717, 1.165) is 47.8 Å². The molecule has 0 bridgehead atoms. The molecule has 0 unspecified atom stereocenters. The monoisotopic (exact) mass is 494 g/mol. The number of nitrogens with one attached hydrogen (secondary N) is 1. The summed E-state index contributed by atoms with van der Waals surface area (Å²) in [5.41, 5.74) is 6.70. The lowest BCUT2D eigenvalue weighted by Gasteiger charge is -2.33. The number of halogens is 1. The number of ketones is 1. The highest BCUT2D eigenvalue weighted by atomic mass is 32.1. The van der Waals surface area contributed by atoms with Crippen LogP contribution in [0.3, 0.4) is 0 Å². The normalized spacial score (nSPS) is 17.9. The molecule has 1 atom stereocenters. The maximum atomic E-state index is 14.6. The lowest BCUT2D eigenvalue weighted by atomic mass is 9.90. The summed E-state index contributed by atoms with van der Waals surface area (Å²) in [4.78, 5) is 39.9. The van der Waals surface area contributed by atoms with Crippen molar-refractivity contribution in [3.8, 4) is 0 Å². The summed E-state index contributed by atoms with van der Waals surface area (Å²) in [7, 11) is 0. The Balaban J connectivity index is 1.29. The van der Waals surface area contributed by atoms with E-state index in [1.54, 1.807) is 12.3 Å². The van der Waals surface area contributed by atoms with E-state index in [4.69, 9.17) is 5.73 Å². The van der Waals surface area contributed by atoms with E-state index < -0.39 is 11.7 Å². The first-order valence-electron chi connectivity index (χ1n) is 11.8. The lowest BCUT2D eigenvalue weighted by molar-refractivity contribution is 0.0951. The number of hydrogen-bond donors (Lipinski definition) is 2. The van der Waals surface area contributed by atoms with Crippen LogP contribution in [0.4, 0.5) is 21.0 Å². The van der Waals surface area contributed by atoms with E-state index in [2.05, 4.69) is 25.2 Å². The van der Waals surface area contributed by atoms with Crippen LogP contribution in [0.15, 0.2) is 30.6 Å². The second-order valence-corrected chi connectivity index (χ2v) is 10.5. The van der Waals surface area contributed by atoms with Crippen LogP contribution in [0, 0.1) is 18.7 Å². The Bertz CT molecular complexity index is 1270. The van der Waals surface area contributed by atoms with Gasteiger partial charge in [-0.2, -0.15) is 0 Å². The Morgan fingerprint density at radius 3 is 2.74 bits per heavy atom. The van der Waals surface area contributed by atoms with Crippen molar-refractivity contribution in [2.75, 3.05) is 23.3 Å². The van der Waals surface area contributed by atoms with Gasteiger partial charge in [0, 0.05) is 19.5 Å². The molecule has 1 aliphatic heterocycles. The van der Waals surface area contributed by atoms with Gasteiger partial charge in [-0.1, -0.05) is 6.07 Å². The average molecular weight is 495 g/mol. The number of benzene rings is 1. The molecule has 5 rings (SSSR count). The van der Waals surface area contributed by atoms with Gasteiger partial charge in [0.15, 0.2) is 17.3 Å². The molecule has 3 heterocycles. The molecule has 2 aromatic heterocycles. The number of rotatable bonds is 8. The topological polar surface area (TPSA) is 114 Å². The third kappa shape index (κ3) is 5.32. The number of hydrogen-bond acceptors (Lipinski definition) is 8. The predicted octanol–water partition coefficient (Wildman–Crippen LogP) is 4.59. The number of thiazole rings is 1. The van der Waals surface area contributed by atoms with E-state index in [1.165, 1.54) is 23.6 Å².